The van der Waals surface area contributed by atoms with Gasteiger partial charge in [0, 0.05) is 47.3 Å². The Hall–Kier alpha value is -3.48. The number of carbonyl (C=O) groups excluding carboxylic acids is 1. The normalized spacial score (nSPS) is 23.6. The summed E-state index contributed by atoms with van der Waals surface area (Å²) in [6.45, 7) is 4.61. The fraction of sp³-hybridized carbons (Fsp3) is 0.395. The van der Waals surface area contributed by atoms with E-state index in [0.29, 0.717) is 81.8 Å². The summed E-state index contributed by atoms with van der Waals surface area (Å²) in [5.41, 5.74) is 5.08. The van der Waals surface area contributed by atoms with E-state index in [4.69, 9.17) is 32.7 Å². The van der Waals surface area contributed by atoms with Crippen LogP contribution in [0, 0.1) is 5.92 Å². The van der Waals surface area contributed by atoms with E-state index in [0.717, 1.165) is 57.9 Å². The van der Waals surface area contributed by atoms with Gasteiger partial charge in [0.1, 0.15) is 11.5 Å². The number of fused-ring (bicyclic) bond motifs is 3. The molecule has 2 N–H and O–H groups in total. The molecule has 2 unspecified atom stereocenters. The lowest BCUT2D eigenvalue weighted by Gasteiger charge is -2.60. The van der Waals surface area contributed by atoms with Crippen molar-refractivity contribution in [3.8, 4) is 22.4 Å². The molecule has 0 spiro atoms. The monoisotopic (exact) mass is 761 g/mol. The molecule has 3 saturated carbocycles. The van der Waals surface area contributed by atoms with E-state index in [9.17, 15) is 13.2 Å². The molecule has 2 saturated heterocycles. The number of thiazole rings is 1. The van der Waals surface area contributed by atoms with Crippen LogP contribution >= 0.6 is 34.5 Å². The Morgan fingerprint density at radius 1 is 1.04 bits per heavy atom. The summed E-state index contributed by atoms with van der Waals surface area (Å²) in [6, 6.07) is 19.7. The van der Waals surface area contributed by atoms with Crippen LogP contribution in [-0.2, 0) is 16.6 Å². The minimum atomic E-state index is -3.80. The zero-order valence-corrected chi connectivity index (χ0v) is 31.3. The zero-order valence-electron chi connectivity index (χ0n) is 28.2. The topological polar surface area (TPSA) is 117 Å². The van der Waals surface area contributed by atoms with Crippen molar-refractivity contribution in [3.63, 3.8) is 0 Å². The van der Waals surface area contributed by atoms with Crippen molar-refractivity contribution in [2.75, 3.05) is 4.90 Å². The fourth-order valence-corrected chi connectivity index (χ4v) is 10.8. The van der Waals surface area contributed by atoms with Gasteiger partial charge in [-0.2, -0.15) is 0 Å². The molecule has 2 atom stereocenters. The van der Waals surface area contributed by atoms with Gasteiger partial charge in [0.2, 0.25) is 10.0 Å². The highest BCUT2D eigenvalue weighted by Gasteiger charge is 2.53. The Morgan fingerprint density at radius 2 is 1.75 bits per heavy atom. The first kappa shape index (κ1) is 33.4. The second-order valence-corrected chi connectivity index (χ2v) is 18.8. The number of carbonyl (C=O) groups is 1. The zero-order chi connectivity index (χ0) is 35.2. The van der Waals surface area contributed by atoms with Gasteiger partial charge in [-0.3, -0.25) is 4.79 Å². The van der Waals surface area contributed by atoms with E-state index in [1.807, 2.05) is 60.7 Å². The van der Waals surface area contributed by atoms with Crippen LogP contribution in [-0.4, -0.2) is 47.3 Å². The number of amides is 1. The number of benzene rings is 3. The van der Waals surface area contributed by atoms with Gasteiger partial charge in [-0.25, -0.2) is 18.1 Å². The molecule has 51 heavy (non-hydrogen) atoms. The Labute approximate surface area is 310 Å². The summed E-state index contributed by atoms with van der Waals surface area (Å²) in [7, 11) is -3.80. The molecular formula is C38H37Cl2N5O4S2. The van der Waals surface area contributed by atoms with Crippen LogP contribution < -0.4 is 14.9 Å². The lowest BCUT2D eigenvalue weighted by atomic mass is 9.69. The van der Waals surface area contributed by atoms with Crippen LogP contribution in [0.3, 0.4) is 0 Å². The van der Waals surface area contributed by atoms with Crippen LogP contribution in [0.1, 0.15) is 80.0 Å². The molecule has 5 fully saturated rings. The summed E-state index contributed by atoms with van der Waals surface area (Å²) in [6.07, 6.45) is 5.20. The molecular weight excluding hydrogens is 725 g/mol. The van der Waals surface area contributed by atoms with Crippen LogP contribution in [0.25, 0.3) is 32.6 Å². The standard InChI is InChI=1S/C38H37Cl2N5O4S2/c1-20-30-15-23(41-19-26-34(43-49-35(26)22-11-12-22)33-27(39)9-6-10-28(33)40)16-31(20)45(30)37-42-29-17-24(21-7-4-3-5-8-21)25(18-32(29)50-37)36(46)44-51(47,48)38(2)13-14-38/h3-10,17-18,20,22-23,30-31,41H,11-16,19H2,1-2H3,(H,44,46). The maximum Gasteiger partial charge on any atom is 0.265 e. The first-order chi connectivity index (χ1) is 24.5. The van der Waals surface area contributed by atoms with Crippen LogP contribution in [0.2, 0.25) is 10.0 Å². The number of hydrogen-bond acceptors (Lipinski definition) is 9. The lowest BCUT2D eigenvalue weighted by Crippen LogP contribution is -2.70. The molecule has 2 bridgehead atoms. The van der Waals surface area contributed by atoms with Gasteiger partial charge in [0.05, 0.1) is 25.0 Å². The molecule has 3 aromatic carbocycles. The van der Waals surface area contributed by atoms with Gasteiger partial charge >= 0.3 is 0 Å². The minimum Gasteiger partial charge on any atom is -0.360 e. The van der Waals surface area contributed by atoms with E-state index in [1.165, 1.54) is 0 Å². The van der Waals surface area contributed by atoms with Crippen molar-refractivity contribution in [2.24, 2.45) is 5.92 Å². The lowest BCUT2D eigenvalue weighted by molar-refractivity contribution is 0.0981. The first-order valence-electron chi connectivity index (χ1n) is 17.5. The number of rotatable bonds is 10. The number of aromatic nitrogens is 2. The number of sulfonamides is 1. The molecule has 0 radical (unpaired) electrons. The fourth-order valence-electron chi connectivity index (χ4n) is 7.88. The summed E-state index contributed by atoms with van der Waals surface area (Å²) in [5.74, 6) is 1.22. The predicted octanol–water partition coefficient (Wildman–Crippen LogP) is 8.56. The van der Waals surface area contributed by atoms with Gasteiger partial charge in [-0.15, -0.1) is 0 Å². The van der Waals surface area contributed by atoms with Gasteiger partial charge in [-0.1, -0.05) is 83.0 Å². The van der Waals surface area contributed by atoms with Crippen molar-refractivity contribution in [1.82, 2.24) is 20.2 Å². The SMILES string of the molecule is CC1C2CC(NCc3c(-c4c(Cl)cccc4Cl)noc3C3CC3)CC1N2c1nc2cc(-c3ccccc3)c(C(=O)NS(=O)(=O)C3(C)CC3)cc2s1. The van der Waals surface area contributed by atoms with E-state index in [-0.39, 0.29) is 0 Å². The van der Waals surface area contributed by atoms with Gasteiger partial charge in [0.25, 0.3) is 5.91 Å². The van der Waals surface area contributed by atoms with Crippen LogP contribution in [0.4, 0.5) is 5.13 Å². The summed E-state index contributed by atoms with van der Waals surface area (Å²) >= 11 is 14.8. The predicted molar refractivity (Wildman–Crippen MR) is 202 cm³/mol. The highest BCUT2D eigenvalue weighted by molar-refractivity contribution is 7.91. The molecule has 5 aliphatic rings. The number of halogens is 2. The molecule has 3 aliphatic carbocycles. The summed E-state index contributed by atoms with van der Waals surface area (Å²) < 4.78 is 34.3. The van der Waals surface area contributed by atoms with Crippen LogP contribution in [0.15, 0.2) is 65.2 Å². The molecule has 9 nitrogen and oxygen atoms in total. The number of nitrogens with zero attached hydrogens (tertiary/aromatic N) is 3. The third kappa shape index (κ3) is 5.76. The first-order valence-corrected chi connectivity index (χ1v) is 20.6. The smallest absolute Gasteiger partial charge is 0.265 e. The summed E-state index contributed by atoms with van der Waals surface area (Å²) in [5, 5.41) is 10.3. The largest absolute Gasteiger partial charge is 0.360 e. The minimum absolute atomic E-state index is 0.300. The molecule has 2 aliphatic heterocycles. The molecule has 1 amide bonds. The molecule has 10 rings (SSSR count). The van der Waals surface area contributed by atoms with Gasteiger partial charge in [0.15, 0.2) is 5.13 Å². The maximum absolute atomic E-state index is 13.6. The number of anilines is 1. The molecule has 264 valence electrons. The second kappa shape index (κ2) is 12.3. The van der Waals surface area contributed by atoms with Crippen molar-refractivity contribution < 1.29 is 17.7 Å². The Balaban J connectivity index is 0.965. The van der Waals surface area contributed by atoms with Crippen molar-refractivity contribution in [3.05, 3.63) is 87.6 Å². The maximum atomic E-state index is 13.6. The number of hydrogen-bond donors (Lipinski definition) is 2. The molecule has 13 heteroatoms. The van der Waals surface area contributed by atoms with Crippen molar-refractivity contribution in [1.29, 1.82) is 0 Å². The number of nitrogens with one attached hydrogen (secondary N) is 2. The number of piperidine rings is 1. The highest BCUT2D eigenvalue weighted by Crippen LogP contribution is 2.50. The average molecular weight is 763 g/mol. The molecule has 2 aromatic heterocycles. The van der Waals surface area contributed by atoms with E-state index >= 15 is 0 Å². The van der Waals surface area contributed by atoms with E-state index < -0.39 is 20.7 Å². The Morgan fingerprint density at radius 3 is 2.41 bits per heavy atom. The van der Waals surface area contributed by atoms with Gasteiger partial charge in [-0.05, 0) is 86.8 Å². The highest BCUT2D eigenvalue weighted by atomic mass is 35.5. The van der Waals surface area contributed by atoms with Gasteiger partial charge < -0.3 is 14.7 Å². The Bertz CT molecular complexity index is 2270. The van der Waals surface area contributed by atoms with Crippen LogP contribution in [0.5, 0.6) is 0 Å². The summed E-state index contributed by atoms with van der Waals surface area (Å²) in [4.78, 5) is 21.2. The Kier molecular flexibility index (Phi) is 8.05. The molecule has 5 aromatic rings. The molecule has 4 heterocycles. The van der Waals surface area contributed by atoms with E-state index in [1.54, 1.807) is 18.3 Å². The average Bonchev–Trinajstić information content (AvgIpc) is 4.03. The third-order valence-corrected chi connectivity index (χ3v) is 15.2. The third-order valence-electron chi connectivity index (χ3n) is 11.4. The quantitative estimate of drug-likeness (QED) is 0.145. The van der Waals surface area contributed by atoms with E-state index in [2.05, 4.69) is 27.0 Å². The van der Waals surface area contributed by atoms with Crippen molar-refractivity contribution in [2.45, 2.75) is 87.7 Å². The second-order valence-electron chi connectivity index (χ2n) is 14.8. The van der Waals surface area contributed by atoms with Crippen molar-refractivity contribution >= 4 is 65.8 Å².